The standard InChI is InChI=1S/C49H59N9O7/c1-26(2)40(55-47(62)64-5)45(60)57-21-7-9-37(57)43-51-33-15-11-28(23-35(33)53-43)30-13-14-31(39-32(30)25-49(42(39)59)17-19-50-20-18-49)29-12-16-34-36(24-29)54-44(52-34)38-10-8-22-58(38)46(61)41(27(3)4)56-48(63)65-6/h11-16,23-24,26-27,37-38,40-41,50H,7-10,17-22,25H2,1-6H3,(H,51,53)(H,52,54)(H,55,62)(H,56,63)/t37-,38-,40-,41-/m0/s1. The Morgan fingerprint density at radius 3 is 1.66 bits per heavy atom. The Kier molecular flexibility index (Phi) is 11.9. The summed E-state index contributed by atoms with van der Waals surface area (Å²) in [4.78, 5) is 87.5. The SMILES string of the molecule is COC(=O)N[C@H](C(=O)N1CCC[C@H]1c1nc2ccc(-c3ccc(-c4ccc5nc([C@@H]6CCCN6C(=O)[C@@H](NC(=O)OC)C(C)C)[nH]c5c4)c4c3CC3(CCNCC3)C4=O)cc2[nH]1)C(C)C. The number of aromatic amines is 2. The Balaban J connectivity index is 1.04. The molecule has 0 unspecified atom stereocenters. The average molecular weight is 886 g/mol. The van der Waals surface area contributed by atoms with Gasteiger partial charge >= 0.3 is 12.2 Å². The number of carbonyl (C=O) groups excluding carboxylic acids is 5. The minimum atomic E-state index is -0.731. The number of nitrogens with zero attached hydrogens (tertiary/aromatic N) is 4. The van der Waals surface area contributed by atoms with Gasteiger partial charge in [-0.2, -0.15) is 0 Å². The van der Waals surface area contributed by atoms with Crippen molar-refractivity contribution in [2.75, 3.05) is 40.4 Å². The summed E-state index contributed by atoms with van der Waals surface area (Å²) >= 11 is 0. The Hall–Kier alpha value is -6.29. The van der Waals surface area contributed by atoms with Crippen LogP contribution in [0.3, 0.4) is 0 Å². The van der Waals surface area contributed by atoms with E-state index in [1.54, 1.807) is 0 Å². The van der Waals surface area contributed by atoms with Crippen LogP contribution in [0, 0.1) is 17.3 Å². The fourth-order valence-electron chi connectivity index (χ4n) is 10.7. The lowest BCUT2D eigenvalue weighted by molar-refractivity contribution is -0.136. The lowest BCUT2D eigenvalue weighted by Gasteiger charge is -2.32. The predicted octanol–water partition coefficient (Wildman–Crippen LogP) is 6.97. The minimum Gasteiger partial charge on any atom is -0.453 e. The first-order valence-electron chi connectivity index (χ1n) is 23.0. The molecule has 0 bridgehead atoms. The summed E-state index contributed by atoms with van der Waals surface area (Å²) in [5.74, 6) is 0.973. The van der Waals surface area contributed by atoms with Gasteiger partial charge in [0.1, 0.15) is 23.7 Å². The largest absolute Gasteiger partial charge is 0.453 e. The number of imidazole rings is 2. The van der Waals surface area contributed by atoms with Crippen LogP contribution in [0.15, 0.2) is 48.5 Å². The van der Waals surface area contributed by atoms with Gasteiger partial charge < -0.3 is 45.2 Å². The number of benzene rings is 3. The number of carbonyl (C=O) groups is 5. The number of rotatable bonds is 10. The summed E-state index contributed by atoms with van der Waals surface area (Å²) in [6.45, 7) is 10.3. The van der Waals surface area contributed by atoms with Crippen molar-refractivity contribution in [3.63, 3.8) is 0 Å². The molecule has 3 saturated heterocycles. The van der Waals surface area contributed by atoms with Crippen LogP contribution in [0.5, 0.6) is 0 Å². The van der Waals surface area contributed by atoms with E-state index in [9.17, 15) is 24.0 Å². The molecule has 3 fully saturated rings. The number of hydrogen-bond acceptors (Lipinski definition) is 10. The number of ketones is 1. The van der Waals surface area contributed by atoms with Crippen molar-refractivity contribution in [3.05, 3.63) is 71.3 Å². The number of piperidine rings is 1. The molecule has 5 aromatic rings. The molecule has 0 radical (unpaired) electrons. The maximum Gasteiger partial charge on any atom is 0.407 e. The van der Waals surface area contributed by atoms with E-state index in [2.05, 4.69) is 56.3 Å². The normalized spacial score (nSPS) is 20.2. The third-order valence-corrected chi connectivity index (χ3v) is 14.2. The van der Waals surface area contributed by atoms with E-state index in [1.165, 1.54) is 14.2 Å². The zero-order chi connectivity index (χ0) is 45.7. The number of methoxy groups -OCH3 is 2. The van der Waals surface area contributed by atoms with Crippen LogP contribution in [-0.2, 0) is 25.5 Å². The Labute approximate surface area is 378 Å². The maximum atomic E-state index is 14.9. The van der Waals surface area contributed by atoms with Crippen LogP contribution in [0.4, 0.5) is 9.59 Å². The predicted molar refractivity (Wildman–Crippen MR) is 245 cm³/mol. The number of fused-ring (bicyclic) bond motifs is 3. The zero-order valence-corrected chi connectivity index (χ0v) is 38.0. The number of likely N-dealkylation sites (tertiary alicyclic amines) is 2. The van der Waals surface area contributed by atoms with Crippen LogP contribution in [0.2, 0.25) is 0 Å². The third kappa shape index (κ3) is 7.99. The van der Waals surface area contributed by atoms with Crippen LogP contribution in [0.1, 0.15) is 106 Å². The van der Waals surface area contributed by atoms with E-state index >= 15 is 0 Å². The number of hydrogen-bond donors (Lipinski definition) is 5. The molecular formula is C49H59N9O7. The molecule has 65 heavy (non-hydrogen) atoms. The van der Waals surface area contributed by atoms with Gasteiger partial charge in [-0.05, 0) is 122 Å². The van der Waals surface area contributed by atoms with E-state index < -0.39 is 29.7 Å². The lowest BCUT2D eigenvalue weighted by atomic mass is 9.75. The molecule has 3 aromatic carbocycles. The first kappa shape index (κ1) is 43.9. The Bertz CT molecular complexity index is 2680. The Morgan fingerprint density at radius 1 is 0.708 bits per heavy atom. The molecule has 9 rings (SSSR count). The second kappa shape index (κ2) is 17.6. The summed E-state index contributed by atoms with van der Waals surface area (Å²) in [7, 11) is 2.58. The van der Waals surface area contributed by atoms with Gasteiger partial charge in [-0.25, -0.2) is 19.6 Å². The molecule has 4 amide bonds. The van der Waals surface area contributed by atoms with Crippen LogP contribution in [0.25, 0.3) is 44.3 Å². The molecule has 5 N–H and O–H groups in total. The highest BCUT2D eigenvalue weighted by molar-refractivity contribution is 6.12. The van der Waals surface area contributed by atoms with Crippen molar-refractivity contribution < 1.29 is 33.4 Å². The smallest absolute Gasteiger partial charge is 0.407 e. The number of nitrogens with one attached hydrogen (secondary N) is 5. The number of Topliss-reactive ketones (excluding diaryl/α,β-unsaturated/α-hetero) is 1. The molecule has 4 aliphatic rings. The molecule has 16 nitrogen and oxygen atoms in total. The van der Waals surface area contributed by atoms with Crippen LogP contribution < -0.4 is 16.0 Å². The van der Waals surface area contributed by atoms with Gasteiger partial charge in [0.25, 0.3) is 0 Å². The van der Waals surface area contributed by atoms with Crippen molar-refractivity contribution in [1.29, 1.82) is 0 Å². The van der Waals surface area contributed by atoms with Crippen LogP contribution in [-0.4, -0.2) is 112 Å². The summed E-state index contributed by atoms with van der Waals surface area (Å²) in [5.41, 5.74) is 8.29. The molecule has 342 valence electrons. The second-order valence-corrected chi connectivity index (χ2v) is 18.9. The average Bonchev–Trinajstić information content (AvgIpc) is 4.16. The number of aromatic nitrogens is 4. The molecule has 2 aromatic heterocycles. The van der Waals surface area contributed by atoms with Crippen molar-refractivity contribution in [2.24, 2.45) is 17.3 Å². The first-order chi connectivity index (χ1) is 31.3. The Morgan fingerprint density at radius 2 is 1.18 bits per heavy atom. The number of ether oxygens (including phenoxy) is 2. The van der Waals surface area contributed by atoms with E-state index in [-0.39, 0.29) is 41.5 Å². The van der Waals surface area contributed by atoms with E-state index in [0.717, 1.165) is 107 Å². The van der Waals surface area contributed by atoms with Gasteiger partial charge in [0.2, 0.25) is 11.8 Å². The molecular weight excluding hydrogens is 827 g/mol. The topological polar surface area (TPSA) is 204 Å². The fourth-order valence-corrected chi connectivity index (χ4v) is 10.7. The summed E-state index contributed by atoms with van der Waals surface area (Å²) in [6, 6.07) is 14.4. The molecule has 16 heteroatoms. The van der Waals surface area contributed by atoms with Gasteiger partial charge in [0.05, 0.1) is 48.4 Å². The molecule has 1 spiro atoms. The fraction of sp³-hybridized carbons (Fsp3) is 0.490. The van der Waals surface area contributed by atoms with Gasteiger partial charge in [0.15, 0.2) is 5.78 Å². The van der Waals surface area contributed by atoms with Crippen molar-refractivity contribution in [3.8, 4) is 22.3 Å². The summed E-state index contributed by atoms with van der Waals surface area (Å²) in [6.07, 6.45) is 4.00. The first-order valence-corrected chi connectivity index (χ1v) is 23.0. The highest BCUT2D eigenvalue weighted by Crippen LogP contribution is 2.50. The minimum absolute atomic E-state index is 0.138. The van der Waals surface area contributed by atoms with Crippen molar-refractivity contribution >= 4 is 51.9 Å². The molecule has 3 aliphatic heterocycles. The molecule has 5 heterocycles. The summed E-state index contributed by atoms with van der Waals surface area (Å²) < 4.78 is 9.63. The van der Waals surface area contributed by atoms with Gasteiger partial charge in [-0.15, -0.1) is 0 Å². The summed E-state index contributed by atoms with van der Waals surface area (Å²) in [5, 5.41) is 8.90. The second-order valence-electron chi connectivity index (χ2n) is 18.9. The lowest BCUT2D eigenvalue weighted by Crippen LogP contribution is -2.51. The number of H-pyrrole nitrogens is 2. The zero-order valence-electron chi connectivity index (χ0n) is 38.0. The highest BCUT2D eigenvalue weighted by Gasteiger charge is 2.48. The highest BCUT2D eigenvalue weighted by atomic mass is 16.5. The van der Waals surface area contributed by atoms with Gasteiger partial charge in [0, 0.05) is 24.1 Å². The molecule has 0 saturated carbocycles. The van der Waals surface area contributed by atoms with E-state index in [1.807, 2.05) is 55.7 Å². The molecule has 1 aliphatic carbocycles. The van der Waals surface area contributed by atoms with E-state index in [0.29, 0.717) is 31.2 Å². The van der Waals surface area contributed by atoms with Crippen molar-refractivity contribution in [2.45, 2.75) is 96.8 Å². The third-order valence-electron chi connectivity index (χ3n) is 14.2. The molecule has 4 atom stereocenters. The number of amides is 4. The van der Waals surface area contributed by atoms with E-state index in [4.69, 9.17) is 19.4 Å². The van der Waals surface area contributed by atoms with Crippen molar-refractivity contribution in [1.82, 2.24) is 45.7 Å². The monoisotopic (exact) mass is 885 g/mol. The van der Waals surface area contributed by atoms with Gasteiger partial charge in [-0.1, -0.05) is 52.0 Å². The van der Waals surface area contributed by atoms with Crippen LogP contribution >= 0.6 is 0 Å². The van der Waals surface area contributed by atoms with Gasteiger partial charge in [-0.3, -0.25) is 14.4 Å². The quantitative estimate of drug-likeness (QED) is 0.0975. The number of alkyl carbamates (subject to hydrolysis) is 2. The maximum absolute atomic E-state index is 14.9.